The van der Waals surface area contributed by atoms with Crippen LogP contribution in [0, 0.1) is 17.8 Å². The fourth-order valence-corrected chi connectivity index (χ4v) is 1.96. The standard InChI is InChI=1S/C10H20O2/c1-7(2)8-5-9(6-8)10(11-3)12-4/h7-10H,5-6H2,1-4H3. The number of hydrogen-bond acceptors (Lipinski definition) is 2. The average molecular weight is 172 g/mol. The maximum absolute atomic E-state index is 5.21. The second-order valence-electron chi connectivity index (χ2n) is 4.08. The summed E-state index contributed by atoms with van der Waals surface area (Å²) in [4.78, 5) is 0. The first kappa shape index (κ1) is 10.0. The number of hydrogen-bond donors (Lipinski definition) is 0. The van der Waals surface area contributed by atoms with E-state index in [1.54, 1.807) is 14.2 Å². The molecule has 0 radical (unpaired) electrons. The lowest BCUT2D eigenvalue weighted by Crippen LogP contribution is -2.37. The average Bonchev–Trinajstić information content (AvgIpc) is 1.94. The summed E-state index contributed by atoms with van der Waals surface area (Å²) in [5.41, 5.74) is 0. The fourth-order valence-electron chi connectivity index (χ4n) is 1.96. The Hall–Kier alpha value is -0.0800. The van der Waals surface area contributed by atoms with Gasteiger partial charge in [0.05, 0.1) is 0 Å². The van der Waals surface area contributed by atoms with Crippen molar-refractivity contribution in [1.82, 2.24) is 0 Å². The van der Waals surface area contributed by atoms with Gasteiger partial charge in [0.15, 0.2) is 6.29 Å². The summed E-state index contributed by atoms with van der Waals surface area (Å²) in [6.45, 7) is 4.57. The molecule has 0 atom stereocenters. The molecule has 1 aliphatic carbocycles. The highest BCUT2D eigenvalue weighted by atomic mass is 16.7. The Bertz CT molecular complexity index is 124. The Labute approximate surface area is 75.2 Å². The zero-order valence-corrected chi connectivity index (χ0v) is 8.54. The van der Waals surface area contributed by atoms with E-state index in [1.807, 2.05) is 0 Å². The lowest BCUT2D eigenvalue weighted by molar-refractivity contribution is -0.167. The molecule has 1 fully saturated rings. The van der Waals surface area contributed by atoms with Gasteiger partial charge in [0.2, 0.25) is 0 Å². The minimum Gasteiger partial charge on any atom is -0.356 e. The number of methoxy groups -OCH3 is 2. The smallest absolute Gasteiger partial charge is 0.159 e. The van der Waals surface area contributed by atoms with Crippen LogP contribution in [0.5, 0.6) is 0 Å². The summed E-state index contributed by atoms with van der Waals surface area (Å²) in [5, 5.41) is 0. The van der Waals surface area contributed by atoms with Gasteiger partial charge in [-0.15, -0.1) is 0 Å². The van der Waals surface area contributed by atoms with Crippen molar-refractivity contribution < 1.29 is 9.47 Å². The van der Waals surface area contributed by atoms with Crippen LogP contribution in [0.15, 0.2) is 0 Å². The van der Waals surface area contributed by atoms with E-state index in [4.69, 9.17) is 9.47 Å². The summed E-state index contributed by atoms with van der Waals surface area (Å²) in [6, 6.07) is 0. The minimum atomic E-state index is 0.0278. The Morgan fingerprint density at radius 3 is 1.83 bits per heavy atom. The molecule has 2 nitrogen and oxygen atoms in total. The summed E-state index contributed by atoms with van der Waals surface area (Å²) in [5.74, 6) is 2.34. The predicted octanol–water partition coefficient (Wildman–Crippen LogP) is 2.29. The molecule has 0 unspecified atom stereocenters. The van der Waals surface area contributed by atoms with Gasteiger partial charge in [-0.05, 0) is 24.7 Å². The van der Waals surface area contributed by atoms with Gasteiger partial charge in [0.25, 0.3) is 0 Å². The molecule has 0 spiro atoms. The molecule has 1 rings (SSSR count). The van der Waals surface area contributed by atoms with Crippen molar-refractivity contribution in [1.29, 1.82) is 0 Å². The van der Waals surface area contributed by atoms with Crippen molar-refractivity contribution in [2.24, 2.45) is 17.8 Å². The lowest BCUT2D eigenvalue weighted by Gasteiger charge is -2.41. The molecule has 0 N–H and O–H groups in total. The van der Waals surface area contributed by atoms with Gasteiger partial charge in [-0.25, -0.2) is 0 Å². The Morgan fingerprint density at radius 1 is 1.00 bits per heavy atom. The molecule has 0 aromatic carbocycles. The van der Waals surface area contributed by atoms with Crippen LogP contribution < -0.4 is 0 Å². The van der Waals surface area contributed by atoms with E-state index in [-0.39, 0.29) is 6.29 Å². The first-order valence-corrected chi connectivity index (χ1v) is 4.74. The largest absolute Gasteiger partial charge is 0.356 e. The van der Waals surface area contributed by atoms with Crippen molar-refractivity contribution in [2.75, 3.05) is 14.2 Å². The van der Waals surface area contributed by atoms with Crippen LogP contribution in [-0.4, -0.2) is 20.5 Å². The third-order valence-electron chi connectivity index (χ3n) is 3.00. The molecule has 0 saturated heterocycles. The second-order valence-corrected chi connectivity index (χ2v) is 4.08. The summed E-state index contributed by atoms with van der Waals surface area (Å²) < 4.78 is 10.4. The van der Waals surface area contributed by atoms with Crippen molar-refractivity contribution in [2.45, 2.75) is 33.0 Å². The molecule has 12 heavy (non-hydrogen) atoms. The van der Waals surface area contributed by atoms with E-state index >= 15 is 0 Å². The predicted molar refractivity (Wildman–Crippen MR) is 48.9 cm³/mol. The highest BCUT2D eigenvalue weighted by Gasteiger charge is 2.36. The van der Waals surface area contributed by atoms with Crippen LogP contribution in [-0.2, 0) is 9.47 Å². The first-order valence-electron chi connectivity index (χ1n) is 4.74. The van der Waals surface area contributed by atoms with E-state index < -0.39 is 0 Å². The van der Waals surface area contributed by atoms with E-state index in [9.17, 15) is 0 Å². The van der Waals surface area contributed by atoms with Gasteiger partial charge in [-0.2, -0.15) is 0 Å². The summed E-state index contributed by atoms with van der Waals surface area (Å²) in [7, 11) is 3.44. The van der Waals surface area contributed by atoms with Gasteiger partial charge in [-0.1, -0.05) is 13.8 Å². The SMILES string of the molecule is COC(OC)C1CC(C(C)C)C1. The van der Waals surface area contributed by atoms with Crippen LogP contribution in [0.3, 0.4) is 0 Å². The highest BCUT2D eigenvalue weighted by Crippen LogP contribution is 2.41. The maximum atomic E-state index is 5.21. The number of ether oxygens (including phenoxy) is 2. The van der Waals surface area contributed by atoms with Gasteiger partial charge < -0.3 is 9.47 Å². The zero-order valence-electron chi connectivity index (χ0n) is 8.54. The Kier molecular flexibility index (Phi) is 3.53. The van der Waals surface area contributed by atoms with E-state index in [0.29, 0.717) is 5.92 Å². The molecular weight excluding hydrogens is 152 g/mol. The molecule has 1 saturated carbocycles. The van der Waals surface area contributed by atoms with E-state index in [0.717, 1.165) is 11.8 Å². The van der Waals surface area contributed by atoms with Crippen molar-refractivity contribution in [3.05, 3.63) is 0 Å². The monoisotopic (exact) mass is 172 g/mol. The third kappa shape index (κ3) is 1.99. The molecule has 72 valence electrons. The number of rotatable bonds is 4. The molecule has 0 aromatic heterocycles. The maximum Gasteiger partial charge on any atom is 0.159 e. The van der Waals surface area contributed by atoms with Gasteiger partial charge >= 0.3 is 0 Å². The molecule has 0 bridgehead atoms. The highest BCUT2D eigenvalue weighted by molar-refractivity contribution is 4.83. The molecular formula is C10H20O2. The molecule has 0 aliphatic heterocycles. The molecule has 0 aromatic rings. The van der Waals surface area contributed by atoms with Crippen molar-refractivity contribution in [3.8, 4) is 0 Å². The van der Waals surface area contributed by atoms with Crippen molar-refractivity contribution in [3.63, 3.8) is 0 Å². The summed E-state index contributed by atoms with van der Waals surface area (Å²) >= 11 is 0. The lowest BCUT2D eigenvalue weighted by atomic mass is 9.69. The fraction of sp³-hybridized carbons (Fsp3) is 1.00. The van der Waals surface area contributed by atoms with E-state index in [1.165, 1.54) is 12.8 Å². The minimum absolute atomic E-state index is 0.0278. The zero-order chi connectivity index (χ0) is 9.14. The third-order valence-corrected chi connectivity index (χ3v) is 3.00. The van der Waals surface area contributed by atoms with Crippen molar-refractivity contribution >= 4 is 0 Å². The van der Waals surface area contributed by atoms with Gasteiger partial charge in [0, 0.05) is 20.1 Å². The topological polar surface area (TPSA) is 18.5 Å². The quantitative estimate of drug-likeness (QED) is 0.606. The molecule has 1 aliphatic rings. The normalized spacial score (nSPS) is 29.5. The Morgan fingerprint density at radius 2 is 1.50 bits per heavy atom. The van der Waals surface area contributed by atoms with E-state index in [2.05, 4.69) is 13.8 Å². The van der Waals surface area contributed by atoms with Crippen LogP contribution in [0.1, 0.15) is 26.7 Å². The molecule has 0 amide bonds. The van der Waals surface area contributed by atoms with Crippen LogP contribution in [0.2, 0.25) is 0 Å². The molecule has 0 heterocycles. The van der Waals surface area contributed by atoms with Crippen LogP contribution in [0.4, 0.5) is 0 Å². The summed E-state index contributed by atoms with van der Waals surface area (Å²) in [6.07, 6.45) is 2.56. The molecule has 2 heteroatoms. The van der Waals surface area contributed by atoms with Gasteiger partial charge in [0.1, 0.15) is 0 Å². The second kappa shape index (κ2) is 4.24. The first-order chi connectivity index (χ1) is 5.69. The van der Waals surface area contributed by atoms with Crippen LogP contribution >= 0.6 is 0 Å². The Balaban J connectivity index is 2.23. The van der Waals surface area contributed by atoms with Gasteiger partial charge in [-0.3, -0.25) is 0 Å². The van der Waals surface area contributed by atoms with Crippen LogP contribution in [0.25, 0.3) is 0 Å².